The Bertz CT molecular complexity index is 678. The topological polar surface area (TPSA) is 97.0 Å². The SMILES string of the molecule is COC(=O)c1c(NC(=O)c2ncn[nH]2)sc2c1CCCC2. The first-order valence-electron chi connectivity index (χ1n) is 6.60. The number of nitrogens with one attached hydrogen (secondary N) is 2. The number of aromatic amines is 1. The minimum absolute atomic E-state index is 0.109. The van der Waals surface area contributed by atoms with Gasteiger partial charge in [-0.1, -0.05) is 0 Å². The second-order valence-corrected chi connectivity index (χ2v) is 5.80. The molecule has 1 aliphatic carbocycles. The van der Waals surface area contributed by atoms with Crippen LogP contribution >= 0.6 is 11.3 Å². The van der Waals surface area contributed by atoms with Crippen molar-refractivity contribution in [3.8, 4) is 0 Å². The smallest absolute Gasteiger partial charge is 0.341 e. The van der Waals surface area contributed by atoms with E-state index >= 15 is 0 Å². The van der Waals surface area contributed by atoms with E-state index in [4.69, 9.17) is 4.74 Å². The summed E-state index contributed by atoms with van der Waals surface area (Å²) in [6.45, 7) is 0. The quantitative estimate of drug-likeness (QED) is 0.843. The first-order valence-corrected chi connectivity index (χ1v) is 7.42. The van der Waals surface area contributed by atoms with E-state index in [-0.39, 0.29) is 5.82 Å². The Morgan fingerprint density at radius 3 is 2.90 bits per heavy atom. The molecule has 2 N–H and O–H groups in total. The Balaban J connectivity index is 1.95. The van der Waals surface area contributed by atoms with Gasteiger partial charge in [0.25, 0.3) is 5.91 Å². The fourth-order valence-electron chi connectivity index (χ4n) is 2.45. The van der Waals surface area contributed by atoms with Crippen molar-refractivity contribution >= 4 is 28.2 Å². The highest BCUT2D eigenvalue weighted by Crippen LogP contribution is 2.38. The van der Waals surface area contributed by atoms with E-state index in [1.54, 1.807) is 0 Å². The number of hydrogen-bond donors (Lipinski definition) is 2. The molecule has 8 heteroatoms. The average molecular weight is 306 g/mol. The van der Waals surface area contributed by atoms with E-state index < -0.39 is 11.9 Å². The molecule has 0 saturated carbocycles. The number of carbonyl (C=O) groups excluding carboxylic acids is 2. The average Bonchev–Trinajstić information content (AvgIpc) is 3.13. The van der Waals surface area contributed by atoms with Crippen molar-refractivity contribution in [1.29, 1.82) is 0 Å². The fraction of sp³-hybridized carbons (Fsp3) is 0.385. The van der Waals surface area contributed by atoms with Gasteiger partial charge in [0.15, 0.2) is 0 Å². The van der Waals surface area contributed by atoms with Crippen molar-refractivity contribution in [2.75, 3.05) is 12.4 Å². The molecule has 110 valence electrons. The van der Waals surface area contributed by atoms with Crippen LogP contribution < -0.4 is 5.32 Å². The molecule has 0 fully saturated rings. The lowest BCUT2D eigenvalue weighted by atomic mass is 9.95. The molecule has 0 unspecified atom stereocenters. The van der Waals surface area contributed by atoms with Gasteiger partial charge in [0.1, 0.15) is 11.3 Å². The first kappa shape index (κ1) is 13.7. The molecule has 1 amide bonds. The fourth-order valence-corrected chi connectivity index (χ4v) is 3.72. The number of ether oxygens (including phenoxy) is 1. The zero-order valence-corrected chi connectivity index (χ0v) is 12.2. The number of H-pyrrole nitrogens is 1. The third kappa shape index (κ3) is 2.54. The largest absolute Gasteiger partial charge is 0.465 e. The molecular weight excluding hydrogens is 292 g/mol. The van der Waals surface area contributed by atoms with E-state index in [9.17, 15) is 9.59 Å². The van der Waals surface area contributed by atoms with Gasteiger partial charge in [0.05, 0.1) is 12.7 Å². The second kappa shape index (κ2) is 5.65. The van der Waals surface area contributed by atoms with Crippen LogP contribution in [0.1, 0.15) is 44.3 Å². The van der Waals surface area contributed by atoms with Gasteiger partial charge in [-0.2, -0.15) is 5.10 Å². The van der Waals surface area contributed by atoms with Gasteiger partial charge in [-0.15, -0.1) is 11.3 Å². The number of carbonyl (C=O) groups is 2. The molecule has 0 aliphatic heterocycles. The lowest BCUT2D eigenvalue weighted by molar-refractivity contribution is 0.0601. The molecule has 2 aromatic rings. The Labute approximate surface area is 124 Å². The summed E-state index contributed by atoms with van der Waals surface area (Å²) < 4.78 is 4.85. The third-order valence-electron chi connectivity index (χ3n) is 3.42. The van der Waals surface area contributed by atoms with Crippen molar-refractivity contribution in [2.24, 2.45) is 0 Å². The van der Waals surface area contributed by atoms with E-state index in [1.165, 1.54) is 24.8 Å². The molecule has 1 aliphatic rings. The van der Waals surface area contributed by atoms with Crippen LogP contribution in [0.15, 0.2) is 6.33 Å². The molecule has 0 radical (unpaired) electrons. The Morgan fingerprint density at radius 1 is 1.38 bits per heavy atom. The maximum Gasteiger partial charge on any atom is 0.341 e. The molecular formula is C13H14N4O3S. The van der Waals surface area contributed by atoms with E-state index in [0.29, 0.717) is 10.6 Å². The minimum atomic E-state index is -0.420. The number of esters is 1. The maximum atomic E-state index is 12.1. The zero-order valence-electron chi connectivity index (χ0n) is 11.4. The molecule has 0 saturated heterocycles. The molecule has 2 aromatic heterocycles. The Kier molecular flexibility index (Phi) is 3.70. The highest BCUT2D eigenvalue weighted by atomic mass is 32.1. The molecule has 3 rings (SSSR count). The van der Waals surface area contributed by atoms with Crippen LogP contribution in [-0.4, -0.2) is 34.2 Å². The highest BCUT2D eigenvalue weighted by Gasteiger charge is 2.27. The number of nitrogens with zero attached hydrogens (tertiary/aromatic N) is 2. The standard InChI is InChI=1S/C13H14N4O3S/c1-20-13(19)9-7-4-2-3-5-8(7)21-12(9)16-11(18)10-14-6-15-17-10/h6H,2-5H2,1H3,(H,16,18)(H,14,15,17). The molecule has 0 bridgehead atoms. The molecule has 21 heavy (non-hydrogen) atoms. The second-order valence-electron chi connectivity index (χ2n) is 4.69. The van der Waals surface area contributed by atoms with Crippen molar-refractivity contribution in [1.82, 2.24) is 15.2 Å². The van der Waals surface area contributed by atoms with Gasteiger partial charge < -0.3 is 10.1 Å². The van der Waals surface area contributed by atoms with E-state index in [1.807, 2.05) is 0 Å². The van der Waals surface area contributed by atoms with Crippen LogP contribution in [0.25, 0.3) is 0 Å². The molecule has 0 atom stereocenters. The number of anilines is 1. The number of aryl methyl sites for hydroxylation is 1. The number of hydrogen-bond acceptors (Lipinski definition) is 6. The first-order chi connectivity index (χ1) is 10.2. The van der Waals surface area contributed by atoms with E-state index in [0.717, 1.165) is 36.1 Å². The number of fused-ring (bicyclic) bond motifs is 1. The summed E-state index contributed by atoms with van der Waals surface area (Å²) in [5.41, 5.74) is 1.48. The highest BCUT2D eigenvalue weighted by molar-refractivity contribution is 7.17. The summed E-state index contributed by atoms with van der Waals surface area (Å²) in [4.78, 5) is 29.0. The number of methoxy groups -OCH3 is 1. The Hall–Kier alpha value is -2.22. The lowest BCUT2D eigenvalue weighted by Crippen LogP contribution is -2.16. The predicted molar refractivity (Wildman–Crippen MR) is 76.6 cm³/mol. The van der Waals surface area contributed by atoms with Crippen molar-refractivity contribution in [3.63, 3.8) is 0 Å². The van der Waals surface area contributed by atoms with Crippen molar-refractivity contribution in [3.05, 3.63) is 28.2 Å². The van der Waals surface area contributed by atoms with Gasteiger partial charge in [-0.25, -0.2) is 9.78 Å². The minimum Gasteiger partial charge on any atom is -0.465 e. The van der Waals surface area contributed by atoms with Crippen LogP contribution in [0.5, 0.6) is 0 Å². The summed E-state index contributed by atoms with van der Waals surface area (Å²) in [5.74, 6) is -0.726. The van der Waals surface area contributed by atoms with Gasteiger partial charge in [-0.05, 0) is 31.2 Å². The number of amides is 1. The van der Waals surface area contributed by atoms with Gasteiger partial charge >= 0.3 is 5.97 Å². The van der Waals surface area contributed by atoms with Gasteiger partial charge in [0, 0.05) is 4.88 Å². The normalized spacial score (nSPS) is 13.6. The predicted octanol–water partition coefficient (Wildman–Crippen LogP) is 1.78. The monoisotopic (exact) mass is 306 g/mol. The van der Waals surface area contributed by atoms with Crippen molar-refractivity contribution in [2.45, 2.75) is 25.7 Å². The van der Waals surface area contributed by atoms with Crippen LogP contribution in [-0.2, 0) is 17.6 Å². The van der Waals surface area contributed by atoms with Crippen LogP contribution in [0.2, 0.25) is 0 Å². The number of aromatic nitrogens is 3. The Morgan fingerprint density at radius 2 is 2.19 bits per heavy atom. The zero-order chi connectivity index (χ0) is 14.8. The summed E-state index contributed by atoms with van der Waals surface area (Å²) in [6.07, 6.45) is 5.18. The van der Waals surface area contributed by atoms with Crippen LogP contribution in [0, 0.1) is 0 Å². The lowest BCUT2D eigenvalue weighted by Gasteiger charge is -2.11. The summed E-state index contributed by atoms with van der Waals surface area (Å²) >= 11 is 1.44. The van der Waals surface area contributed by atoms with E-state index in [2.05, 4.69) is 20.5 Å². The summed E-state index contributed by atoms with van der Waals surface area (Å²) in [6, 6.07) is 0. The molecule has 7 nitrogen and oxygen atoms in total. The van der Waals surface area contributed by atoms with Crippen molar-refractivity contribution < 1.29 is 14.3 Å². The molecule has 0 spiro atoms. The number of thiophene rings is 1. The maximum absolute atomic E-state index is 12.1. The van der Waals surface area contributed by atoms with Gasteiger partial charge in [-0.3, -0.25) is 9.89 Å². The van der Waals surface area contributed by atoms with Gasteiger partial charge in [0.2, 0.25) is 5.82 Å². The third-order valence-corrected chi connectivity index (χ3v) is 4.63. The summed E-state index contributed by atoms with van der Waals surface area (Å²) in [7, 11) is 1.34. The van der Waals surface area contributed by atoms with Crippen LogP contribution in [0.4, 0.5) is 5.00 Å². The number of rotatable bonds is 3. The summed E-state index contributed by atoms with van der Waals surface area (Å²) in [5, 5.41) is 9.39. The van der Waals surface area contributed by atoms with Crippen LogP contribution in [0.3, 0.4) is 0 Å². The molecule has 0 aromatic carbocycles. The molecule has 2 heterocycles.